The highest BCUT2D eigenvalue weighted by Gasteiger charge is 2.09. The number of hydrogen-bond donors (Lipinski definition) is 1. The van der Waals surface area contributed by atoms with Crippen LogP contribution < -0.4 is 5.32 Å². The molecule has 1 aromatic carbocycles. The van der Waals surface area contributed by atoms with Gasteiger partial charge in [-0.2, -0.15) is 0 Å². The van der Waals surface area contributed by atoms with Gasteiger partial charge < -0.3 is 14.8 Å². The van der Waals surface area contributed by atoms with E-state index in [4.69, 9.17) is 21.1 Å². The van der Waals surface area contributed by atoms with Crippen molar-refractivity contribution in [2.75, 3.05) is 20.8 Å². The lowest BCUT2D eigenvalue weighted by Gasteiger charge is -2.14. The van der Waals surface area contributed by atoms with Gasteiger partial charge in [0, 0.05) is 19.2 Å². The zero-order chi connectivity index (χ0) is 12.7. The number of carbonyl (C=O) groups excluding carboxylic acids is 1. The number of carbonyl (C=O) groups is 1. The Morgan fingerprint density at radius 1 is 1.35 bits per heavy atom. The quantitative estimate of drug-likeness (QED) is 0.788. The largest absolute Gasteiger partial charge is 0.354 e. The first-order valence-corrected chi connectivity index (χ1v) is 5.61. The molecule has 0 unspecified atom stereocenters. The van der Waals surface area contributed by atoms with Gasteiger partial charge in [-0.3, -0.25) is 4.79 Å². The minimum absolute atomic E-state index is 0.114. The first-order valence-electron chi connectivity index (χ1n) is 5.23. The van der Waals surface area contributed by atoms with Crippen molar-refractivity contribution in [3.63, 3.8) is 0 Å². The maximum atomic E-state index is 11.6. The standard InChI is InChI=1S/C12H16ClNO3/c1-16-12(17-2)8-14-11(15)7-9-5-3-4-6-10(9)13/h3-6,12H,7-8H2,1-2H3,(H,14,15). The van der Waals surface area contributed by atoms with E-state index in [9.17, 15) is 4.79 Å². The molecule has 0 heterocycles. The molecule has 1 aromatic rings. The van der Waals surface area contributed by atoms with Crippen LogP contribution in [-0.2, 0) is 20.7 Å². The van der Waals surface area contributed by atoms with Crippen LogP contribution in [-0.4, -0.2) is 33.0 Å². The molecule has 0 atom stereocenters. The number of methoxy groups -OCH3 is 2. The predicted molar refractivity (Wildman–Crippen MR) is 66.0 cm³/mol. The van der Waals surface area contributed by atoms with Gasteiger partial charge >= 0.3 is 0 Å². The van der Waals surface area contributed by atoms with Crippen molar-refractivity contribution in [1.29, 1.82) is 0 Å². The van der Waals surface area contributed by atoms with E-state index in [1.165, 1.54) is 14.2 Å². The molecule has 0 radical (unpaired) electrons. The molecule has 0 saturated carbocycles. The van der Waals surface area contributed by atoms with Crippen LogP contribution in [0.25, 0.3) is 0 Å². The summed E-state index contributed by atoms with van der Waals surface area (Å²) in [6.45, 7) is 0.316. The van der Waals surface area contributed by atoms with Crippen molar-refractivity contribution in [1.82, 2.24) is 5.32 Å². The fraction of sp³-hybridized carbons (Fsp3) is 0.417. The number of ether oxygens (including phenoxy) is 2. The average Bonchev–Trinajstić information content (AvgIpc) is 2.33. The first-order chi connectivity index (χ1) is 8.17. The molecule has 1 amide bonds. The van der Waals surface area contributed by atoms with Crippen LogP contribution in [0.15, 0.2) is 24.3 Å². The Morgan fingerprint density at radius 2 is 2.00 bits per heavy atom. The summed E-state index contributed by atoms with van der Waals surface area (Å²) < 4.78 is 9.92. The van der Waals surface area contributed by atoms with Gasteiger partial charge in [0.1, 0.15) is 0 Å². The molecule has 0 aliphatic rings. The summed E-state index contributed by atoms with van der Waals surface area (Å²) >= 11 is 5.96. The van der Waals surface area contributed by atoms with E-state index in [-0.39, 0.29) is 12.3 Å². The lowest BCUT2D eigenvalue weighted by atomic mass is 10.1. The summed E-state index contributed by atoms with van der Waals surface area (Å²) in [7, 11) is 3.04. The van der Waals surface area contributed by atoms with Gasteiger partial charge in [0.15, 0.2) is 6.29 Å². The third kappa shape index (κ3) is 4.73. The first kappa shape index (κ1) is 14.0. The number of hydrogen-bond acceptors (Lipinski definition) is 3. The molecule has 94 valence electrons. The fourth-order valence-electron chi connectivity index (χ4n) is 1.34. The SMILES string of the molecule is COC(CNC(=O)Cc1ccccc1Cl)OC. The van der Waals surface area contributed by atoms with Crippen LogP contribution in [0.3, 0.4) is 0 Å². The number of benzene rings is 1. The molecule has 1 rings (SSSR count). The fourth-order valence-corrected chi connectivity index (χ4v) is 1.54. The van der Waals surface area contributed by atoms with Crippen LogP contribution in [0.5, 0.6) is 0 Å². The number of amides is 1. The van der Waals surface area contributed by atoms with E-state index < -0.39 is 6.29 Å². The summed E-state index contributed by atoms with van der Waals surface area (Å²) in [5, 5.41) is 3.31. The maximum absolute atomic E-state index is 11.6. The highest BCUT2D eigenvalue weighted by Crippen LogP contribution is 2.15. The molecular formula is C12H16ClNO3. The maximum Gasteiger partial charge on any atom is 0.224 e. The van der Waals surface area contributed by atoms with Gasteiger partial charge in [0.05, 0.1) is 13.0 Å². The van der Waals surface area contributed by atoms with Gasteiger partial charge in [-0.15, -0.1) is 0 Å². The normalized spacial score (nSPS) is 10.6. The molecule has 0 aromatic heterocycles. The van der Waals surface area contributed by atoms with Crippen molar-refractivity contribution >= 4 is 17.5 Å². The Kier molecular flexibility index (Phi) is 5.97. The molecule has 0 aliphatic heterocycles. The highest BCUT2D eigenvalue weighted by molar-refractivity contribution is 6.31. The smallest absolute Gasteiger partial charge is 0.224 e. The molecule has 4 nitrogen and oxygen atoms in total. The average molecular weight is 258 g/mol. The molecular weight excluding hydrogens is 242 g/mol. The van der Waals surface area contributed by atoms with Gasteiger partial charge in [0.25, 0.3) is 0 Å². The van der Waals surface area contributed by atoms with Gasteiger partial charge in [-0.1, -0.05) is 29.8 Å². The minimum atomic E-state index is -0.426. The third-order valence-electron chi connectivity index (χ3n) is 2.30. The molecule has 0 bridgehead atoms. The van der Waals surface area contributed by atoms with Crippen molar-refractivity contribution in [2.45, 2.75) is 12.7 Å². The second-order valence-corrected chi connectivity index (χ2v) is 3.88. The number of nitrogens with one attached hydrogen (secondary N) is 1. The molecule has 0 aliphatic carbocycles. The molecule has 0 saturated heterocycles. The van der Waals surface area contributed by atoms with Gasteiger partial charge in [-0.05, 0) is 11.6 Å². The summed E-state index contributed by atoms with van der Waals surface area (Å²) in [4.78, 5) is 11.6. The van der Waals surface area contributed by atoms with Gasteiger partial charge in [0.2, 0.25) is 5.91 Å². The van der Waals surface area contributed by atoms with Crippen molar-refractivity contribution in [3.8, 4) is 0 Å². The lowest BCUT2D eigenvalue weighted by molar-refractivity contribution is -0.126. The zero-order valence-corrected chi connectivity index (χ0v) is 10.7. The van der Waals surface area contributed by atoms with E-state index >= 15 is 0 Å². The summed E-state index contributed by atoms with van der Waals surface area (Å²) in [5.41, 5.74) is 0.804. The second kappa shape index (κ2) is 7.27. The Morgan fingerprint density at radius 3 is 2.59 bits per heavy atom. The Bertz CT molecular complexity index is 367. The predicted octanol–water partition coefficient (Wildman–Crippen LogP) is 1.62. The van der Waals surface area contributed by atoms with E-state index in [1.54, 1.807) is 6.07 Å². The summed E-state index contributed by atoms with van der Waals surface area (Å²) in [6.07, 6.45) is -0.176. The minimum Gasteiger partial charge on any atom is -0.354 e. The molecule has 17 heavy (non-hydrogen) atoms. The molecule has 5 heteroatoms. The number of rotatable bonds is 6. The second-order valence-electron chi connectivity index (χ2n) is 3.47. The van der Waals surface area contributed by atoms with Crippen LogP contribution in [0.4, 0.5) is 0 Å². The van der Waals surface area contributed by atoms with Crippen LogP contribution >= 0.6 is 11.6 Å². The molecule has 0 fully saturated rings. The van der Waals surface area contributed by atoms with Crippen molar-refractivity contribution < 1.29 is 14.3 Å². The lowest BCUT2D eigenvalue weighted by Crippen LogP contribution is -2.35. The Hall–Kier alpha value is -1.10. The molecule has 1 N–H and O–H groups in total. The Labute approximate surface area is 106 Å². The van der Waals surface area contributed by atoms with Crippen LogP contribution in [0, 0.1) is 0 Å². The van der Waals surface area contributed by atoms with Gasteiger partial charge in [-0.25, -0.2) is 0 Å². The van der Waals surface area contributed by atoms with Crippen molar-refractivity contribution in [3.05, 3.63) is 34.9 Å². The topological polar surface area (TPSA) is 47.6 Å². The van der Waals surface area contributed by atoms with Crippen LogP contribution in [0.2, 0.25) is 5.02 Å². The number of halogens is 1. The van der Waals surface area contributed by atoms with Crippen molar-refractivity contribution in [2.24, 2.45) is 0 Å². The summed E-state index contributed by atoms with van der Waals surface area (Å²) in [6, 6.07) is 7.26. The van der Waals surface area contributed by atoms with Crippen LogP contribution in [0.1, 0.15) is 5.56 Å². The third-order valence-corrected chi connectivity index (χ3v) is 2.67. The zero-order valence-electron chi connectivity index (χ0n) is 9.90. The Balaban J connectivity index is 2.42. The highest BCUT2D eigenvalue weighted by atomic mass is 35.5. The summed E-state index contributed by atoms with van der Waals surface area (Å²) in [5.74, 6) is -0.114. The van der Waals surface area contributed by atoms with E-state index in [0.717, 1.165) is 5.56 Å². The van der Waals surface area contributed by atoms with E-state index in [1.807, 2.05) is 18.2 Å². The van der Waals surface area contributed by atoms with E-state index in [0.29, 0.717) is 11.6 Å². The van der Waals surface area contributed by atoms with E-state index in [2.05, 4.69) is 5.32 Å². The molecule has 0 spiro atoms. The monoisotopic (exact) mass is 257 g/mol.